The van der Waals surface area contributed by atoms with Crippen molar-refractivity contribution in [3.05, 3.63) is 17.5 Å². The maximum absolute atomic E-state index is 11.4. The molecule has 16 heavy (non-hydrogen) atoms. The number of carboxylic acids is 1. The Bertz CT molecular complexity index is 491. The van der Waals surface area contributed by atoms with E-state index in [1.807, 2.05) is 0 Å². The topological polar surface area (TPSA) is 111 Å². The molecule has 0 spiro atoms. The van der Waals surface area contributed by atoms with E-state index in [0.29, 0.717) is 5.69 Å². The van der Waals surface area contributed by atoms with Crippen LogP contribution in [0.1, 0.15) is 23.0 Å². The number of hydrogen-bond donors (Lipinski definition) is 4. The molecule has 0 aliphatic carbocycles. The van der Waals surface area contributed by atoms with Crippen LogP contribution in [0.25, 0.3) is 0 Å². The lowest BCUT2D eigenvalue weighted by atomic mass is 10.2. The fraction of sp³-hybridized carbons (Fsp3) is 0.375. The van der Waals surface area contributed by atoms with Crippen LogP contribution in [0.15, 0.2) is 6.20 Å². The molecule has 1 aromatic heterocycles. The molecule has 0 unspecified atom stereocenters. The molecular formula is C8H13N3O4S. The van der Waals surface area contributed by atoms with Gasteiger partial charge in [0, 0.05) is 18.4 Å². The number of carbonyl (C=O) groups is 1. The molecule has 0 radical (unpaired) electrons. The Balaban J connectivity index is 3.03. The minimum absolute atomic E-state index is 0.0194. The van der Waals surface area contributed by atoms with Crippen LogP contribution in [0.2, 0.25) is 0 Å². The van der Waals surface area contributed by atoms with E-state index in [1.54, 1.807) is 13.8 Å². The highest BCUT2D eigenvalue weighted by Gasteiger charge is 2.18. The van der Waals surface area contributed by atoms with Gasteiger partial charge in [-0.1, -0.05) is 6.92 Å². The molecule has 8 heteroatoms. The Morgan fingerprint density at radius 3 is 2.69 bits per heavy atom. The van der Waals surface area contributed by atoms with Gasteiger partial charge in [-0.05, 0) is 6.92 Å². The molecule has 0 aromatic carbocycles. The minimum Gasteiger partial charge on any atom is -0.478 e. The van der Waals surface area contributed by atoms with Crippen LogP contribution < -0.4 is 9.44 Å². The lowest BCUT2D eigenvalue weighted by Crippen LogP contribution is -2.30. The van der Waals surface area contributed by atoms with Crippen LogP contribution >= 0.6 is 0 Å². The minimum atomic E-state index is -3.71. The maximum atomic E-state index is 11.4. The van der Waals surface area contributed by atoms with Gasteiger partial charge in [0.2, 0.25) is 0 Å². The summed E-state index contributed by atoms with van der Waals surface area (Å²) >= 11 is 0. The van der Waals surface area contributed by atoms with Crippen LogP contribution in [0.3, 0.4) is 0 Å². The third-order valence-electron chi connectivity index (χ3n) is 1.87. The van der Waals surface area contributed by atoms with Crippen molar-refractivity contribution >= 4 is 21.9 Å². The van der Waals surface area contributed by atoms with Gasteiger partial charge in [-0.2, -0.15) is 13.1 Å². The van der Waals surface area contributed by atoms with Crippen molar-refractivity contribution in [1.82, 2.24) is 9.71 Å². The lowest BCUT2D eigenvalue weighted by Gasteiger charge is -2.07. The number of nitrogens with one attached hydrogen (secondary N) is 3. The number of aryl methyl sites for hydroxylation is 1. The summed E-state index contributed by atoms with van der Waals surface area (Å²) in [6.45, 7) is 3.40. The van der Waals surface area contributed by atoms with E-state index in [2.05, 4.69) is 14.4 Å². The van der Waals surface area contributed by atoms with Crippen LogP contribution in [0.5, 0.6) is 0 Å². The second-order valence-corrected chi connectivity index (χ2v) is 4.61. The van der Waals surface area contributed by atoms with Crippen molar-refractivity contribution in [3.63, 3.8) is 0 Å². The summed E-state index contributed by atoms with van der Waals surface area (Å²) in [7, 11) is -3.71. The first-order valence-electron chi connectivity index (χ1n) is 4.56. The fourth-order valence-electron chi connectivity index (χ4n) is 1.25. The Hall–Kier alpha value is -1.54. The van der Waals surface area contributed by atoms with E-state index in [9.17, 15) is 13.2 Å². The van der Waals surface area contributed by atoms with E-state index in [0.717, 1.165) is 0 Å². The van der Waals surface area contributed by atoms with Gasteiger partial charge in [-0.15, -0.1) is 0 Å². The van der Waals surface area contributed by atoms with Gasteiger partial charge in [0.1, 0.15) is 5.56 Å². The third-order valence-corrected chi connectivity index (χ3v) is 3.03. The van der Waals surface area contributed by atoms with Crippen molar-refractivity contribution in [2.75, 3.05) is 11.3 Å². The number of aromatic amines is 1. The first-order chi connectivity index (χ1) is 7.37. The molecule has 7 nitrogen and oxygen atoms in total. The first kappa shape index (κ1) is 12.5. The van der Waals surface area contributed by atoms with Crippen LogP contribution in [-0.4, -0.2) is 31.0 Å². The smallest absolute Gasteiger partial charge is 0.339 e. The number of aromatic nitrogens is 1. The van der Waals surface area contributed by atoms with Crippen LogP contribution in [-0.2, 0) is 10.2 Å². The predicted octanol–water partition coefficient (Wildman–Crippen LogP) is 0.288. The Morgan fingerprint density at radius 2 is 2.19 bits per heavy atom. The number of rotatable bonds is 5. The molecule has 1 aromatic rings. The molecule has 0 aliphatic rings. The second-order valence-electron chi connectivity index (χ2n) is 3.11. The molecule has 0 amide bonds. The molecule has 1 heterocycles. The number of hydrogen-bond acceptors (Lipinski definition) is 3. The summed E-state index contributed by atoms with van der Waals surface area (Å²) in [4.78, 5) is 13.5. The van der Waals surface area contributed by atoms with E-state index < -0.39 is 16.2 Å². The van der Waals surface area contributed by atoms with Gasteiger partial charge in [-0.25, -0.2) is 4.79 Å². The quantitative estimate of drug-likeness (QED) is 0.599. The van der Waals surface area contributed by atoms with Crippen LogP contribution in [0.4, 0.5) is 5.69 Å². The van der Waals surface area contributed by atoms with Gasteiger partial charge < -0.3 is 10.1 Å². The molecule has 4 N–H and O–H groups in total. The zero-order valence-electron chi connectivity index (χ0n) is 8.86. The average Bonchev–Trinajstić information content (AvgIpc) is 2.45. The van der Waals surface area contributed by atoms with Gasteiger partial charge in [-0.3, -0.25) is 4.72 Å². The summed E-state index contributed by atoms with van der Waals surface area (Å²) in [6.07, 6.45) is 1.30. The van der Waals surface area contributed by atoms with Gasteiger partial charge >= 0.3 is 5.97 Å². The Morgan fingerprint density at radius 1 is 1.56 bits per heavy atom. The molecule has 0 fully saturated rings. The highest BCUT2D eigenvalue weighted by atomic mass is 32.2. The van der Waals surface area contributed by atoms with Crippen LogP contribution in [0, 0.1) is 6.92 Å². The second kappa shape index (κ2) is 4.54. The Labute approximate surface area is 93.1 Å². The lowest BCUT2D eigenvalue weighted by molar-refractivity contribution is 0.0697. The summed E-state index contributed by atoms with van der Waals surface area (Å²) < 4.78 is 27.0. The third kappa shape index (κ3) is 2.74. The number of carboxylic acid groups (broad SMARTS) is 1. The average molecular weight is 247 g/mol. The molecular weight excluding hydrogens is 234 g/mol. The van der Waals surface area contributed by atoms with E-state index in [1.165, 1.54) is 6.20 Å². The van der Waals surface area contributed by atoms with E-state index in [4.69, 9.17) is 5.11 Å². The van der Waals surface area contributed by atoms with E-state index in [-0.39, 0.29) is 17.8 Å². The molecule has 0 bridgehead atoms. The largest absolute Gasteiger partial charge is 0.478 e. The molecule has 1 rings (SSSR count). The standard InChI is InChI=1S/C8H13N3O4S/c1-3-10-16(14,15)11-6-4-9-5(2)7(6)8(12)13/h4,9-11H,3H2,1-2H3,(H,12,13). The SMILES string of the molecule is CCNS(=O)(=O)Nc1c[nH]c(C)c1C(=O)O. The zero-order chi connectivity index (χ0) is 12.3. The van der Waals surface area contributed by atoms with Crippen molar-refractivity contribution in [1.29, 1.82) is 0 Å². The highest BCUT2D eigenvalue weighted by molar-refractivity contribution is 7.90. The number of H-pyrrole nitrogens is 1. The van der Waals surface area contributed by atoms with Gasteiger partial charge in [0.25, 0.3) is 10.2 Å². The molecule has 0 saturated carbocycles. The highest BCUT2D eigenvalue weighted by Crippen LogP contribution is 2.19. The predicted molar refractivity (Wildman–Crippen MR) is 58.7 cm³/mol. The molecule has 0 atom stereocenters. The summed E-state index contributed by atoms with van der Waals surface area (Å²) in [5.74, 6) is -1.19. The molecule has 0 aliphatic heterocycles. The number of aromatic carboxylic acids is 1. The summed E-state index contributed by atoms with van der Waals surface area (Å²) in [6, 6.07) is 0. The van der Waals surface area contributed by atoms with Gasteiger partial charge in [0.15, 0.2) is 0 Å². The summed E-state index contributed by atoms with van der Waals surface area (Å²) in [5.41, 5.74) is 0.328. The summed E-state index contributed by atoms with van der Waals surface area (Å²) in [5, 5.41) is 8.89. The number of anilines is 1. The molecule has 90 valence electrons. The Kier molecular flexibility index (Phi) is 3.55. The van der Waals surface area contributed by atoms with Crippen molar-refractivity contribution in [2.45, 2.75) is 13.8 Å². The van der Waals surface area contributed by atoms with Crippen molar-refractivity contribution in [3.8, 4) is 0 Å². The fourth-order valence-corrected chi connectivity index (χ4v) is 2.16. The van der Waals surface area contributed by atoms with Crippen molar-refractivity contribution in [2.24, 2.45) is 0 Å². The first-order valence-corrected chi connectivity index (χ1v) is 6.04. The monoisotopic (exact) mass is 247 g/mol. The normalized spacial score (nSPS) is 11.4. The zero-order valence-corrected chi connectivity index (χ0v) is 9.68. The van der Waals surface area contributed by atoms with Crippen molar-refractivity contribution < 1.29 is 18.3 Å². The maximum Gasteiger partial charge on any atom is 0.339 e. The molecule has 0 saturated heterocycles. The van der Waals surface area contributed by atoms with E-state index >= 15 is 0 Å². The van der Waals surface area contributed by atoms with Gasteiger partial charge in [0.05, 0.1) is 5.69 Å².